The molecule has 0 N–H and O–H groups in total. The molecule has 7 nitrogen and oxygen atoms in total. The van der Waals surface area contributed by atoms with Crippen molar-refractivity contribution in [3.63, 3.8) is 0 Å². The predicted molar refractivity (Wildman–Crippen MR) is 131 cm³/mol. The van der Waals surface area contributed by atoms with E-state index in [1.165, 1.54) is 16.4 Å². The molecule has 0 bridgehead atoms. The van der Waals surface area contributed by atoms with Gasteiger partial charge in [-0.05, 0) is 55.0 Å². The Labute approximate surface area is 202 Å². The van der Waals surface area contributed by atoms with Crippen LogP contribution in [0.1, 0.15) is 16.8 Å². The van der Waals surface area contributed by atoms with Crippen LogP contribution in [-0.2, 0) is 10.0 Å². The van der Waals surface area contributed by atoms with E-state index in [0.717, 1.165) is 23.1 Å². The van der Waals surface area contributed by atoms with Crippen molar-refractivity contribution in [1.29, 1.82) is 0 Å². The molecule has 1 fully saturated rings. The maximum absolute atomic E-state index is 13.7. The van der Waals surface area contributed by atoms with E-state index < -0.39 is 15.8 Å². The van der Waals surface area contributed by atoms with Crippen LogP contribution in [0.25, 0.3) is 22.2 Å². The molecule has 35 heavy (non-hydrogen) atoms. The molecule has 4 aromatic rings. The highest BCUT2D eigenvalue weighted by molar-refractivity contribution is 7.89. The lowest BCUT2D eigenvalue weighted by molar-refractivity contribution is 0.0766. The third-order valence-electron chi connectivity index (χ3n) is 6.12. The Morgan fingerprint density at radius 1 is 0.886 bits per heavy atom. The average Bonchev–Trinajstić information content (AvgIpc) is 3.15. The molecular weight excluding hydrogens is 467 g/mol. The molecule has 1 amide bonds. The lowest BCUT2D eigenvalue weighted by Gasteiger charge is -2.23. The minimum absolute atomic E-state index is 0.0424. The van der Waals surface area contributed by atoms with E-state index in [-0.39, 0.29) is 30.4 Å². The number of rotatable bonds is 4. The maximum atomic E-state index is 13.7. The quantitative estimate of drug-likeness (QED) is 0.432. The number of nitrogens with zero attached hydrogens (tertiary/aromatic N) is 4. The number of para-hydroxylation sites is 1. The molecule has 0 spiro atoms. The molecule has 0 saturated carbocycles. The van der Waals surface area contributed by atoms with Gasteiger partial charge in [-0.3, -0.25) is 9.78 Å². The molecule has 0 radical (unpaired) electrons. The number of aromatic nitrogens is 2. The summed E-state index contributed by atoms with van der Waals surface area (Å²) in [4.78, 5) is 24.2. The summed E-state index contributed by atoms with van der Waals surface area (Å²) >= 11 is 0. The third kappa shape index (κ3) is 4.65. The maximum Gasteiger partial charge on any atom is 0.254 e. The fourth-order valence-corrected chi connectivity index (χ4v) is 5.76. The number of fused-ring (bicyclic) bond motifs is 1. The van der Waals surface area contributed by atoms with Crippen molar-refractivity contribution in [3.8, 4) is 11.3 Å². The van der Waals surface area contributed by atoms with Crippen LogP contribution in [0.5, 0.6) is 0 Å². The summed E-state index contributed by atoms with van der Waals surface area (Å²) in [6.07, 6.45) is 3.85. The second-order valence-corrected chi connectivity index (χ2v) is 10.2. The summed E-state index contributed by atoms with van der Waals surface area (Å²) in [6.45, 7) is 1.12. The van der Waals surface area contributed by atoms with Crippen LogP contribution in [0.15, 0.2) is 84.0 Å². The van der Waals surface area contributed by atoms with Gasteiger partial charge in [0.15, 0.2) is 0 Å². The molecule has 1 saturated heterocycles. The number of carbonyl (C=O) groups excluding carboxylic acids is 1. The largest absolute Gasteiger partial charge is 0.337 e. The Hall–Kier alpha value is -3.69. The molecule has 5 rings (SSSR count). The minimum atomic E-state index is -3.78. The normalized spacial score (nSPS) is 15.2. The van der Waals surface area contributed by atoms with Crippen molar-refractivity contribution in [3.05, 3.63) is 90.5 Å². The number of carbonyl (C=O) groups is 1. The number of halogens is 1. The highest BCUT2D eigenvalue weighted by Gasteiger charge is 2.29. The zero-order chi connectivity index (χ0) is 24.4. The molecular formula is C26H23FN4O3S. The van der Waals surface area contributed by atoms with Crippen LogP contribution in [-0.4, -0.2) is 59.7 Å². The number of amides is 1. The summed E-state index contributed by atoms with van der Waals surface area (Å²) < 4.78 is 40.8. The summed E-state index contributed by atoms with van der Waals surface area (Å²) in [5, 5.41) is 0.746. The van der Waals surface area contributed by atoms with Gasteiger partial charge in [-0.2, -0.15) is 4.31 Å². The zero-order valence-corrected chi connectivity index (χ0v) is 19.7. The van der Waals surface area contributed by atoms with Gasteiger partial charge in [-0.15, -0.1) is 0 Å². The molecule has 0 atom stereocenters. The lowest BCUT2D eigenvalue weighted by atomic mass is 10.0. The predicted octanol–water partition coefficient (Wildman–Crippen LogP) is 3.97. The Kier molecular flexibility index (Phi) is 6.27. The van der Waals surface area contributed by atoms with Crippen LogP contribution in [0, 0.1) is 5.82 Å². The van der Waals surface area contributed by atoms with Gasteiger partial charge in [0.25, 0.3) is 5.91 Å². The second-order valence-electron chi connectivity index (χ2n) is 8.31. The van der Waals surface area contributed by atoms with E-state index in [2.05, 4.69) is 4.98 Å². The van der Waals surface area contributed by atoms with Gasteiger partial charge in [-0.1, -0.05) is 18.2 Å². The first-order valence-electron chi connectivity index (χ1n) is 11.3. The first-order valence-corrected chi connectivity index (χ1v) is 12.7. The topological polar surface area (TPSA) is 83.5 Å². The smallest absolute Gasteiger partial charge is 0.254 e. The summed E-state index contributed by atoms with van der Waals surface area (Å²) in [5.41, 5.74) is 2.76. The fraction of sp³-hybridized carbons (Fsp3) is 0.192. The number of pyridine rings is 2. The van der Waals surface area contributed by atoms with Gasteiger partial charge < -0.3 is 4.90 Å². The van der Waals surface area contributed by atoms with Crippen molar-refractivity contribution >= 4 is 26.8 Å². The highest BCUT2D eigenvalue weighted by atomic mass is 32.2. The SMILES string of the molecule is O=C(c1cc(-c2ccncc2)nc2ccccc12)N1CCCN(S(=O)(=O)c2ccc(F)cc2)CC1. The first-order chi connectivity index (χ1) is 16.9. The number of sulfonamides is 1. The molecule has 1 aliphatic rings. The molecule has 0 unspecified atom stereocenters. The van der Waals surface area contributed by atoms with Gasteiger partial charge >= 0.3 is 0 Å². The number of benzene rings is 2. The first kappa shape index (κ1) is 23.1. The standard InChI is InChI=1S/C26H23FN4O3S/c27-20-6-8-21(9-7-20)35(33,34)31-15-3-14-30(16-17-31)26(32)23-18-25(19-10-12-28-13-11-19)29-24-5-2-1-4-22(23)24/h1-2,4-13,18H,3,14-17H2. The van der Waals surface area contributed by atoms with Crippen LogP contribution in [0.3, 0.4) is 0 Å². The molecule has 2 aromatic heterocycles. The van der Waals surface area contributed by atoms with Crippen molar-refractivity contribution in [2.24, 2.45) is 0 Å². The Morgan fingerprint density at radius 2 is 1.63 bits per heavy atom. The van der Waals surface area contributed by atoms with E-state index in [4.69, 9.17) is 4.98 Å². The van der Waals surface area contributed by atoms with Gasteiger partial charge in [0.2, 0.25) is 10.0 Å². The van der Waals surface area contributed by atoms with E-state index in [1.807, 2.05) is 36.4 Å². The molecule has 178 valence electrons. The Bertz CT molecular complexity index is 1480. The number of hydrogen-bond donors (Lipinski definition) is 0. The molecule has 1 aliphatic heterocycles. The van der Waals surface area contributed by atoms with Crippen molar-refractivity contribution in [1.82, 2.24) is 19.2 Å². The monoisotopic (exact) mass is 490 g/mol. The highest BCUT2D eigenvalue weighted by Crippen LogP contribution is 2.26. The Balaban J connectivity index is 1.43. The lowest BCUT2D eigenvalue weighted by Crippen LogP contribution is -2.37. The van der Waals surface area contributed by atoms with Crippen molar-refractivity contribution in [2.75, 3.05) is 26.2 Å². The van der Waals surface area contributed by atoms with Crippen molar-refractivity contribution in [2.45, 2.75) is 11.3 Å². The van der Waals surface area contributed by atoms with E-state index in [0.29, 0.717) is 29.7 Å². The molecule has 0 aliphatic carbocycles. The van der Waals surface area contributed by atoms with Crippen LogP contribution < -0.4 is 0 Å². The fourth-order valence-electron chi connectivity index (χ4n) is 4.29. The van der Waals surface area contributed by atoms with E-state index in [1.54, 1.807) is 23.4 Å². The van der Waals surface area contributed by atoms with E-state index in [9.17, 15) is 17.6 Å². The number of hydrogen-bond acceptors (Lipinski definition) is 5. The van der Waals surface area contributed by atoms with Gasteiger partial charge in [0.1, 0.15) is 5.82 Å². The molecule has 3 heterocycles. The van der Waals surface area contributed by atoms with E-state index >= 15 is 0 Å². The zero-order valence-electron chi connectivity index (χ0n) is 18.8. The van der Waals surface area contributed by atoms with Crippen molar-refractivity contribution < 1.29 is 17.6 Å². The van der Waals surface area contributed by atoms with Crippen LogP contribution in [0.4, 0.5) is 4.39 Å². The second kappa shape index (κ2) is 9.52. The van der Waals surface area contributed by atoms with Crippen LogP contribution >= 0.6 is 0 Å². The summed E-state index contributed by atoms with van der Waals surface area (Å²) in [6, 6.07) is 17.8. The summed E-state index contributed by atoms with van der Waals surface area (Å²) in [5.74, 6) is -0.660. The average molecular weight is 491 g/mol. The van der Waals surface area contributed by atoms with Gasteiger partial charge in [0, 0.05) is 49.5 Å². The minimum Gasteiger partial charge on any atom is -0.337 e. The van der Waals surface area contributed by atoms with Gasteiger partial charge in [0.05, 0.1) is 21.7 Å². The van der Waals surface area contributed by atoms with Crippen LogP contribution in [0.2, 0.25) is 0 Å². The third-order valence-corrected chi connectivity index (χ3v) is 8.03. The summed E-state index contributed by atoms with van der Waals surface area (Å²) in [7, 11) is -3.78. The van der Waals surface area contributed by atoms with Gasteiger partial charge in [-0.25, -0.2) is 17.8 Å². The molecule has 2 aromatic carbocycles. The Morgan fingerprint density at radius 3 is 2.40 bits per heavy atom. The molecule has 9 heteroatoms.